The molecule has 1 aromatic carbocycles. The molecule has 0 aliphatic rings. The van der Waals surface area contributed by atoms with Crippen LogP contribution in [0.1, 0.15) is 28.8 Å². The van der Waals surface area contributed by atoms with Crippen molar-refractivity contribution in [3.05, 3.63) is 57.8 Å². The standard InChI is InChI=1S/C17H21NO2S/c1-3-13-9-10-21-16(13)12-18-11-15(17(19)20-2)14-7-5-4-6-8-14/h4-10,15,18H,3,11-12H2,1-2H3. The zero-order valence-electron chi connectivity index (χ0n) is 12.5. The number of rotatable bonds is 7. The molecule has 3 nitrogen and oxygen atoms in total. The van der Waals surface area contributed by atoms with Crippen molar-refractivity contribution in [3.8, 4) is 0 Å². The van der Waals surface area contributed by atoms with Crippen molar-refractivity contribution in [2.75, 3.05) is 13.7 Å². The number of methoxy groups -OCH3 is 1. The number of ether oxygens (including phenoxy) is 1. The van der Waals surface area contributed by atoms with Gasteiger partial charge < -0.3 is 10.1 Å². The van der Waals surface area contributed by atoms with Gasteiger partial charge in [-0.25, -0.2) is 0 Å². The number of nitrogens with one attached hydrogen (secondary N) is 1. The Hall–Kier alpha value is -1.65. The van der Waals surface area contributed by atoms with Crippen LogP contribution in [0.3, 0.4) is 0 Å². The van der Waals surface area contributed by atoms with Crippen LogP contribution in [-0.2, 0) is 22.5 Å². The first-order chi connectivity index (χ1) is 10.3. The molecule has 0 saturated heterocycles. The number of hydrogen-bond acceptors (Lipinski definition) is 4. The normalized spacial score (nSPS) is 12.1. The first kappa shape index (κ1) is 15.7. The van der Waals surface area contributed by atoms with Gasteiger partial charge in [0.05, 0.1) is 13.0 Å². The molecule has 0 aliphatic carbocycles. The topological polar surface area (TPSA) is 38.3 Å². The second-order valence-electron chi connectivity index (χ2n) is 4.84. The quantitative estimate of drug-likeness (QED) is 0.797. The van der Waals surface area contributed by atoms with E-state index in [2.05, 4.69) is 23.7 Å². The van der Waals surface area contributed by atoms with Crippen LogP contribution in [0.15, 0.2) is 41.8 Å². The lowest BCUT2D eigenvalue weighted by Gasteiger charge is -2.16. The molecule has 2 rings (SSSR count). The van der Waals surface area contributed by atoms with Crippen LogP contribution in [0, 0.1) is 0 Å². The molecule has 0 fully saturated rings. The van der Waals surface area contributed by atoms with Crippen LogP contribution >= 0.6 is 11.3 Å². The van der Waals surface area contributed by atoms with Gasteiger partial charge in [0.1, 0.15) is 0 Å². The third kappa shape index (κ3) is 4.16. The molecule has 1 atom stereocenters. The predicted octanol–water partition coefficient (Wildman–Crippen LogP) is 3.36. The molecule has 1 unspecified atom stereocenters. The Labute approximate surface area is 130 Å². The van der Waals surface area contributed by atoms with E-state index in [0.717, 1.165) is 18.5 Å². The summed E-state index contributed by atoms with van der Waals surface area (Å²) in [7, 11) is 1.44. The van der Waals surface area contributed by atoms with E-state index >= 15 is 0 Å². The van der Waals surface area contributed by atoms with E-state index < -0.39 is 0 Å². The van der Waals surface area contributed by atoms with Gasteiger partial charge in [-0.2, -0.15) is 0 Å². The highest BCUT2D eigenvalue weighted by molar-refractivity contribution is 7.10. The fourth-order valence-corrected chi connectivity index (χ4v) is 3.28. The SMILES string of the molecule is CCc1ccsc1CNCC(C(=O)OC)c1ccccc1. The van der Waals surface area contributed by atoms with E-state index in [1.165, 1.54) is 17.6 Å². The molecular weight excluding hydrogens is 282 g/mol. The van der Waals surface area contributed by atoms with E-state index in [0.29, 0.717) is 6.54 Å². The molecule has 0 amide bonds. The summed E-state index contributed by atoms with van der Waals surface area (Å²) in [5.74, 6) is -0.461. The summed E-state index contributed by atoms with van der Waals surface area (Å²) < 4.78 is 4.92. The maximum Gasteiger partial charge on any atom is 0.314 e. The van der Waals surface area contributed by atoms with Crippen LogP contribution in [0.25, 0.3) is 0 Å². The molecule has 21 heavy (non-hydrogen) atoms. The van der Waals surface area contributed by atoms with Gasteiger partial charge in [0.25, 0.3) is 0 Å². The Bertz CT molecular complexity index is 565. The largest absolute Gasteiger partial charge is 0.469 e. The van der Waals surface area contributed by atoms with Crippen molar-refractivity contribution >= 4 is 17.3 Å². The summed E-state index contributed by atoms with van der Waals surface area (Å²) >= 11 is 1.76. The molecule has 0 aliphatic heterocycles. The minimum Gasteiger partial charge on any atom is -0.469 e. The average molecular weight is 303 g/mol. The third-order valence-corrected chi connectivity index (χ3v) is 4.50. The van der Waals surface area contributed by atoms with Gasteiger partial charge >= 0.3 is 5.97 Å². The summed E-state index contributed by atoms with van der Waals surface area (Å²) in [5.41, 5.74) is 2.36. The van der Waals surface area contributed by atoms with E-state index in [-0.39, 0.29) is 11.9 Å². The lowest BCUT2D eigenvalue weighted by molar-refractivity contribution is -0.142. The van der Waals surface area contributed by atoms with Gasteiger partial charge in [-0.3, -0.25) is 4.79 Å². The van der Waals surface area contributed by atoms with Gasteiger partial charge in [-0.1, -0.05) is 37.3 Å². The van der Waals surface area contributed by atoms with Crippen molar-refractivity contribution in [3.63, 3.8) is 0 Å². The minimum absolute atomic E-state index is 0.199. The van der Waals surface area contributed by atoms with Gasteiger partial charge in [-0.05, 0) is 29.0 Å². The summed E-state index contributed by atoms with van der Waals surface area (Å²) in [5, 5.41) is 5.50. The number of carbonyl (C=O) groups excluding carboxylic acids is 1. The van der Waals surface area contributed by atoms with Gasteiger partial charge in [0.2, 0.25) is 0 Å². The number of hydrogen-bond donors (Lipinski definition) is 1. The lowest BCUT2D eigenvalue weighted by Crippen LogP contribution is -2.27. The molecule has 1 N–H and O–H groups in total. The monoisotopic (exact) mass is 303 g/mol. The van der Waals surface area contributed by atoms with E-state index in [1.807, 2.05) is 30.3 Å². The molecule has 0 spiro atoms. The molecule has 0 bridgehead atoms. The summed E-state index contributed by atoms with van der Waals surface area (Å²) in [6.07, 6.45) is 1.04. The molecule has 2 aromatic rings. The van der Waals surface area contributed by atoms with Crippen LogP contribution in [-0.4, -0.2) is 19.6 Å². The second kappa shape index (κ2) is 7.96. The Kier molecular flexibility index (Phi) is 5.96. The Balaban J connectivity index is 1.98. The van der Waals surface area contributed by atoms with E-state index in [4.69, 9.17) is 4.74 Å². The average Bonchev–Trinajstić information content (AvgIpc) is 2.99. The Morgan fingerprint density at radius 1 is 1.29 bits per heavy atom. The third-order valence-electron chi connectivity index (χ3n) is 3.54. The van der Waals surface area contributed by atoms with Crippen molar-refractivity contribution in [2.45, 2.75) is 25.8 Å². The van der Waals surface area contributed by atoms with Gasteiger partial charge in [0.15, 0.2) is 0 Å². The summed E-state index contributed by atoms with van der Waals surface area (Å²) in [6, 6.07) is 11.9. The smallest absolute Gasteiger partial charge is 0.314 e. The fraction of sp³-hybridized carbons (Fsp3) is 0.353. The zero-order valence-corrected chi connectivity index (χ0v) is 13.3. The van der Waals surface area contributed by atoms with Gasteiger partial charge in [-0.15, -0.1) is 11.3 Å². The summed E-state index contributed by atoms with van der Waals surface area (Å²) in [4.78, 5) is 13.3. The second-order valence-corrected chi connectivity index (χ2v) is 5.84. The van der Waals surface area contributed by atoms with Gasteiger partial charge in [0, 0.05) is 18.0 Å². The number of carbonyl (C=O) groups is 1. The first-order valence-corrected chi connectivity index (χ1v) is 8.03. The molecule has 1 aromatic heterocycles. The predicted molar refractivity (Wildman–Crippen MR) is 86.6 cm³/mol. The maximum atomic E-state index is 12.0. The highest BCUT2D eigenvalue weighted by atomic mass is 32.1. The van der Waals surface area contributed by atoms with Crippen molar-refractivity contribution < 1.29 is 9.53 Å². The lowest BCUT2D eigenvalue weighted by atomic mass is 9.99. The number of benzene rings is 1. The highest BCUT2D eigenvalue weighted by Gasteiger charge is 2.20. The molecule has 4 heteroatoms. The van der Waals surface area contributed by atoms with Crippen molar-refractivity contribution in [1.82, 2.24) is 5.32 Å². The molecular formula is C17H21NO2S. The highest BCUT2D eigenvalue weighted by Crippen LogP contribution is 2.19. The Morgan fingerprint density at radius 3 is 2.71 bits per heavy atom. The number of aryl methyl sites for hydroxylation is 1. The molecule has 0 radical (unpaired) electrons. The van der Waals surface area contributed by atoms with E-state index in [1.54, 1.807) is 11.3 Å². The minimum atomic E-state index is -0.263. The summed E-state index contributed by atoms with van der Waals surface area (Å²) in [6.45, 7) is 3.53. The zero-order chi connectivity index (χ0) is 15.1. The first-order valence-electron chi connectivity index (χ1n) is 7.15. The molecule has 1 heterocycles. The van der Waals surface area contributed by atoms with Crippen molar-refractivity contribution in [1.29, 1.82) is 0 Å². The van der Waals surface area contributed by atoms with Crippen molar-refractivity contribution in [2.24, 2.45) is 0 Å². The maximum absolute atomic E-state index is 12.0. The molecule has 112 valence electrons. The van der Waals surface area contributed by atoms with Crippen LogP contribution < -0.4 is 5.32 Å². The van der Waals surface area contributed by atoms with E-state index in [9.17, 15) is 4.79 Å². The Morgan fingerprint density at radius 2 is 2.05 bits per heavy atom. The van der Waals surface area contributed by atoms with Crippen LogP contribution in [0.2, 0.25) is 0 Å². The number of esters is 1. The molecule has 0 saturated carbocycles. The number of thiophene rings is 1. The fourth-order valence-electron chi connectivity index (χ4n) is 2.33. The van der Waals surface area contributed by atoms with Crippen LogP contribution in [0.5, 0.6) is 0 Å². The van der Waals surface area contributed by atoms with Crippen LogP contribution in [0.4, 0.5) is 0 Å².